The van der Waals surface area contributed by atoms with Gasteiger partial charge >= 0.3 is 5.97 Å². The summed E-state index contributed by atoms with van der Waals surface area (Å²) in [5.41, 5.74) is 5.85. The minimum Gasteiger partial charge on any atom is -0.480 e. The van der Waals surface area contributed by atoms with Crippen molar-refractivity contribution in [2.75, 3.05) is 0 Å². The van der Waals surface area contributed by atoms with Gasteiger partial charge in [-0.3, -0.25) is 0 Å². The molecule has 1 aliphatic rings. The summed E-state index contributed by atoms with van der Waals surface area (Å²) in [6.07, 6.45) is 0.941. The fourth-order valence-electron chi connectivity index (χ4n) is 2.03. The molecule has 0 fully saturated rings. The Hall–Kier alpha value is -1.36. The zero-order valence-corrected chi connectivity index (χ0v) is 8.78. The topological polar surface area (TPSA) is 89.4 Å². The second-order valence-electron chi connectivity index (χ2n) is 4.30. The molecule has 0 aromatic carbocycles. The maximum Gasteiger partial charge on any atom is 0.328 e. The van der Waals surface area contributed by atoms with Gasteiger partial charge in [0.15, 0.2) is 0 Å². The van der Waals surface area contributed by atoms with Gasteiger partial charge in [-0.05, 0) is 12.3 Å². The molecule has 0 aliphatic heterocycles. The number of aliphatic carboxylic acids is 1. The number of hydrogen-bond acceptors (Lipinski definition) is 4. The van der Waals surface area contributed by atoms with E-state index in [1.54, 1.807) is 0 Å². The number of nitrogens with zero attached hydrogens (tertiary/aromatic N) is 1. The molecule has 3 N–H and O–H groups in total. The van der Waals surface area contributed by atoms with Gasteiger partial charge in [-0.15, -0.1) is 0 Å². The maximum absolute atomic E-state index is 11.2. The summed E-state index contributed by atoms with van der Waals surface area (Å²) in [6.45, 7) is 3.89. The molecule has 0 saturated heterocycles. The third kappa shape index (κ3) is 1.26. The van der Waals surface area contributed by atoms with Crippen LogP contribution in [-0.2, 0) is 16.8 Å². The zero-order valence-electron chi connectivity index (χ0n) is 8.78. The first-order chi connectivity index (χ1) is 6.97. The Kier molecular flexibility index (Phi) is 2.08. The Bertz CT molecular complexity index is 411. The molecule has 1 atom stereocenters. The molecule has 0 radical (unpaired) electrons. The normalized spacial score (nSPS) is 24.5. The van der Waals surface area contributed by atoms with Crippen molar-refractivity contribution in [3.63, 3.8) is 0 Å². The van der Waals surface area contributed by atoms with Gasteiger partial charge < -0.3 is 15.4 Å². The van der Waals surface area contributed by atoms with Gasteiger partial charge in [0.05, 0.1) is 5.69 Å². The molecule has 2 rings (SSSR count). The van der Waals surface area contributed by atoms with Gasteiger partial charge in [-0.1, -0.05) is 19.0 Å². The van der Waals surface area contributed by atoms with E-state index in [0.29, 0.717) is 29.9 Å². The van der Waals surface area contributed by atoms with Gasteiger partial charge in [-0.25, -0.2) is 4.79 Å². The highest BCUT2D eigenvalue weighted by Gasteiger charge is 2.47. The highest BCUT2D eigenvalue weighted by Crippen LogP contribution is 2.39. The minimum absolute atomic E-state index is 0.123. The highest BCUT2D eigenvalue weighted by molar-refractivity contribution is 5.82. The predicted molar refractivity (Wildman–Crippen MR) is 52.4 cm³/mol. The van der Waals surface area contributed by atoms with Crippen molar-refractivity contribution in [2.24, 2.45) is 5.73 Å². The SMILES string of the molecule is CC(C)c1noc2c1C(N)(C(=O)O)CC2. The number of carboxylic acids is 1. The lowest BCUT2D eigenvalue weighted by atomic mass is 9.90. The van der Waals surface area contributed by atoms with E-state index in [0.717, 1.165) is 0 Å². The summed E-state index contributed by atoms with van der Waals surface area (Å²) >= 11 is 0. The van der Waals surface area contributed by atoms with Gasteiger partial charge in [0.25, 0.3) is 0 Å². The second kappa shape index (κ2) is 3.06. The first kappa shape index (κ1) is 10.2. The second-order valence-corrected chi connectivity index (χ2v) is 4.30. The largest absolute Gasteiger partial charge is 0.480 e. The van der Waals surface area contributed by atoms with Crippen LogP contribution in [0.2, 0.25) is 0 Å². The monoisotopic (exact) mass is 210 g/mol. The molecule has 0 saturated carbocycles. The van der Waals surface area contributed by atoms with Crippen molar-refractivity contribution < 1.29 is 14.4 Å². The van der Waals surface area contributed by atoms with Gasteiger partial charge in [0.1, 0.15) is 11.3 Å². The average Bonchev–Trinajstić information content (AvgIpc) is 2.68. The molecular weight excluding hydrogens is 196 g/mol. The highest BCUT2D eigenvalue weighted by atomic mass is 16.5. The minimum atomic E-state index is -1.31. The lowest BCUT2D eigenvalue weighted by Gasteiger charge is -2.19. The van der Waals surface area contributed by atoms with Crippen LogP contribution in [0.5, 0.6) is 0 Å². The van der Waals surface area contributed by atoms with Crippen molar-refractivity contribution in [3.8, 4) is 0 Å². The maximum atomic E-state index is 11.2. The molecule has 0 amide bonds. The quantitative estimate of drug-likeness (QED) is 0.759. The summed E-state index contributed by atoms with van der Waals surface area (Å²) in [5, 5.41) is 13.0. The number of rotatable bonds is 2. The van der Waals surface area contributed by atoms with Crippen molar-refractivity contribution in [3.05, 3.63) is 17.0 Å². The van der Waals surface area contributed by atoms with Crippen LogP contribution in [0, 0.1) is 0 Å². The molecular formula is C10H14N2O3. The molecule has 5 heteroatoms. The number of aromatic nitrogens is 1. The van der Waals surface area contributed by atoms with Crippen LogP contribution in [0.15, 0.2) is 4.52 Å². The van der Waals surface area contributed by atoms with E-state index in [-0.39, 0.29) is 5.92 Å². The summed E-state index contributed by atoms with van der Waals surface area (Å²) in [7, 11) is 0. The average molecular weight is 210 g/mol. The molecule has 0 bridgehead atoms. The zero-order chi connectivity index (χ0) is 11.2. The summed E-state index contributed by atoms with van der Waals surface area (Å²) in [6, 6.07) is 0. The smallest absolute Gasteiger partial charge is 0.328 e. The van der Waals surface area contributed by atoms with Crippen LogP contribution in [0.25, 0.3) is 0 Å². The Balaban J connectivity index is 2.57. The molecule has 1 aliphatic carbocycles. The van der Waals surface area contributed by atoms with E-state index < -0.39 is 11.5 Å². The number of carboxylic acid groups (broad SMARTS) is 1. The fourth-order valence-corrected chi connectivity index (χ4v) is 2.03. The van der Waals surface area contributed by atoms with E-state index in [4.69, 9.17) is 15.4 Å². The van der Waals surface area contributed by atoms with Crippen molar-refractivity contribution in [1.29, 1.82) is 0 Å². The first-order valence-electron chi connectivity index (χ1n) is 4.98. The summed E-state index contributed by atoms with van der Waals surface area (Å²) in [5.74, 6) is -0.257. The fraction of sp³-hybridized carbons (Fsp3) is 0.600. The molecule has 1 unspecified atom stereocenters. The molecule has 5 nitrogen and oxygen atoms in total. The van der Waals surface area contributed by atoms with Crippen molar-refractivity contribution in [2.45, 2.75) is 38.1 Å². The standard InChI is InChI=1S/C10H14N2O3/c1-5(2)8-7-6(15-12-8)3-4-10(7,11)9(13)14/h5H,3-4,11H2,1-2H3,(H,13,14). The van der Waals surface area contributed by atoms with Crippen LogP contribution >= 0.6 is 0 Å². The van der Waals surface area contributed by atoms with Gasteiger partial charge in [0, 0.05) is 12.0 Å². The van der Waals surface area contributed by atoms with Crippen molar-refractivity contribution >= 4 is 5.97 Å². The molecule has 1 aromatic heterocycles. The molecule has 1 heterocycles. The third-order valence-corrected chi connectivity index (χ3v) is 2.91. The van der Waals surface area contributed by atoms with E-state index in [9.17, 15) is 4.79 Å². The lowest BCUT2D eigenvalue weighted by Crippen LogP contribution is -2.43. The Morgan fingerprint density at radius 2 is 2.33 bits per heavy atom. The van der Waals surface area contributed by atoms with Gasteiger partial charge in [-0.2, -0.15) is 0 Å². The number of carbonyl (C=O) groups is 1. The molecule has 82 valence electrons. The summed E-state index contributed by atoms with van der Waals surface area (Å²) < 4.78 is 5.12. The predicted octanol–water partition coefficient (Wildman–Crippen LogP) is 0.983. The van der Waals surface area contributed by atoms with Crippen LogP contribution in [0.3, 0.4) is 0 Å². The van der Waals surface area contributed by atoms with Gasteiger partial charge in [0.2, 0.25) is 0 Å². The Morgan fingerprint density at radius 3 is 2.87 bits per heavy atom. The number of nitrogens with two attached hydrogens (primary N) is 1. The first-order valence-corrected chi connectivity index (χ1v) is 4.98. The third-order valence-electron chi connectivity index (χ3n) is 2.91. The van der Waals surface area contributed by atoms with Crippen molar-refractivity contribution in [1.82, 2.24) is 5.16 Å². The van der Waals surface area contributed by atoms with Crippen LogP contribution in [0.4, 0.5) is 0 Å². The van der Waals surface area contributed by atoms with Crippen LogP contribution in [0.1, 0.15) is 43.2 Å². The number of aryl methyl sites for hydroxylation is 1. The lowest BCUT2D eigenvalue weighted by molar-refractivity contribution is -0.143. The Labute approximate surface area is 87.2 Å². The van der Waals surface area contributed by atoms with E-state index in [1.807, 2.05) is 13.8 Å². The van der Waals surface area contributed by atoms with Crippen LogP contribution in [-0.4, -0.2) is 16.2 Å². The van der Waals surface area contributed by atoms with Crippen LogP contribution < -0.4 is 5.73 Å². The number of hydrogen-bond donors (Lipinski definition) is 2. The Morgan fingerprint density at radius 1 is 1.67 bits per heavy atom. The summed E-state index contributed by atoms with van der Waals surface area (Å²) in [4.78, 5) is 11.2. The van der Waals surface area contributed by atoms with E-state index in [1.165, 1.54) is 0 Å². The number of fused-ring (bicyclic) bond motifs is 1. The van der Waals surface area contributed by atoms with E-state index in [2.05, 4.69) is 5.16 Å². The van der Waals surface area contributed by atoms with E-state index >= 15 is 0 Å². The molecule has 0 spiro atoms. The molecule has 1 aromatic rings. The molecule has 15 heavy (non-hydrogen) atoms.